The third-order valence-electron chi connectivity index (χ3n) is 3.10. The Hall–Kier alpha value is -0.610. The van der Waals surface area contributed by atoms with Crippen LogP contribution >= 0.6 is 0 Å². The largest absolute Gasteiger partial charge is 0.341 e. The van der Waals surface area contributed by atoms with E-state index in [0.717, 1.165) is 51.9 Å². The van der Waals surface area contributed by atoms with Crippen molar-refractivity contribution < 1.29 is 4.79 Å². The molecular weight excluding hydrogens is 238 g/mol. The van der Waals surface area contributed by atoms with Crippen LogP contribution in [0.3, 0.4) is 0 Å². The van der Waals surface area contributed by atoms with Crippen molar-refractivity contribution in [3.8, 4) is 0 Å². The second-order valence-corrected chi connectivity index (χ2v) is 5.99. The molecule has 0 bridgehead atoms. The lowest BCUT2D eigenvalue weighted by Crippen LogP contribution is -2.38. The predicted molar refractivity (Wildman–Crippen MR) is 82.1 cm³/mol. The summed E-state index contributed by atoms with van der Waals surface area (Å²) < 4.78 is 0. The average molecular weight is 271 g/mol. The molecular formula is C15H33N3O. The number of amides is 1. The quantitative estimate of drug-likeness (QED) is 0.584. The molecule has 0 aliphatic rings. The number of nitrogens with zero attached hydrogens (tertiary/aromatic N) is 2. The van der Waals surface area contributed by atoms with Gasteiger partial charge in [0.1, 0.15) is 0 Å². The van der Waals surface area contributed by atoms with E-state index in [-0.39, 0.29) is 0 Å². The van der Waals surface area contributed by atoms with E-state index in [1.54, 1.807) is 0 Å². The lowest BCUT2D eigenvalue weighted by molar-refractivity contribution is -0.132. The van der Waals surface area contributed by atoms with E-state index in [4.69, 9.17) is 5.73 Å². The Labute approximate surface area is 119 Å². The maximum absolute atomic E-state index is 12.2. The van der Waals surface area contributed by atoms with Gasteiger partial charge in [-0.25, -0.2) is 0 Å². The van der Waals surface area contributed by atoms with Gasteiger partial charge in [0.15, 0.2) is 0 Å². The van der Waals surface area contributed by atoms with Crippen molar-refractivity contribution in [2.75, 3.05) is 40.3 Å². The summed E-state index contributed by atoms with van der Waals surface area (Å²) in [5.74, 6) is 0.839. The highest BCUT2D eigenvalue weighted by atomic mass is 16.2. The lowest BCUT2D eigenvalue weighted by atomic mass is 10.1. The third kappa shape index (κ3) is 11.0. The number of carbonyl (C=O) groups is 1. The van der Waals surface area contributed by atoms with Crippen molar-refractivity contribution in [1.29, 1.82) is 0 Å². The monoisotopic (exact) mass is 271 g/mol. The summed E-state index contributed by atoms with van der Waals surface area (Å²) in [6.45, 7) is 7.73. The van der Waals surface area contributed by atoms with E-state index < -0.39 is 0 Å². The van der Waals surface area contributed by atoms with Crippen molar-refractivity contribution >= 4 is 5.91 Å². The van der Waals surface area contributed by atoms with Crippen LogP contribution in [0.15, 0.2) is 0 Å². The molecule has 0 aliphatic carbocycles. The Morgan fingerprint density at radius 3 is 2.21 bits per heavy atom. The number of carbonyl (C=O) groups excluding carboxylic acids is 1. The van der Waals surface area contributed by atoms with Gasteiger partial charge in [-0.2, -0.15) is 0 Å². The molecule has 0 heterocycles. The number of hydrogen-bond acceptors (Lipinski definition) is 3. The fourth-order valence-corrected chi connectivity index (χ4v) is 2.01. The van der Waals surface area contributed by atoms with Crippen molar-refractivity contribution in [1.82, 2.24) is 9.80 Å². The van der Waals surface area contributed by atoms with Crippen LogP contribution in [0, 0.1) is 5.92 Å². The molecule has 0 fully saturated rings. The Morgan fingerprint density at radius 2 is 1.68 bits per heavy atom. The molecule has 2 N–H and O–H groups in total. The minimum absolute atomic E-state index is 0.309. The van der Waals surface area contributed by atoms with Crippen molar-refractivity contribution in [3.05, 3.63) is 0 Å². The van der Waals surface area contributed by atoms with Gasteiger partial charge in [-0.05, 0) is 39.4 Å². The summed E-state index contributed by atoms with van der Waals surface area (Å²) in [7, 11) is 4.09. The molecule has 0 saturated carbocycles. The third-order valence-corrected chi connectivity index (χ3v) is 3.10. The fourth-order valence-electron chi connectivity index (χ4n) is 2.01. The fraction of sp³-hybridized carbons (Fsp3) is 0.933. The van der Waals surface area contributed by atoms with Crippen LogP contribution in [0.4, 0.5) is 0 Å². The molecule has 4 heteroatoms. The maximum atomic E-state index is 12.2. The normalized spacial score (nSPS) is 11.3. The van der Waals surface area contributed by atoms with E-state index in [1.807, 2.05) is 19.0 Å². The average Bonchev–Trinajstić information content (AvgIpc) is 2.33. The zero-order valence-electron chi connectivity index (χ0n) is 13.3. The van der Waals surface area contributed by atoms with Gasteiger partial charge in [-0.15, -0.1) is 0 Å². The maximum Gasteiger partial charge on any atom is 0.222 e. The molecule has 0 saturated heterocycles. The van der Waals surface area contributed by atoms with Gasteiger partial charge in [0.25, 0.3) is 0 Å². The Kier molecular flexibility index (Phi) is 10.9. The Bertz CT molecular complexity index is 229. The Morgan fingerprint density at radius 1 is 1.05 bits per heavy atom. The second kappa shape index (κ2) is 11.2. The van der Waals surface area contributed by atoms with Gasteiger partial charge < -0.3 is 15.5 Å². The standard InChI is InChI=1S/C15H33N3O/c1-14(2)13-18(12-11-17(3)4)15(19)9-7-5-6-8-10-16/h14H,5-13,16H2,1-4H3. The van der Waals surface area contributed by atoms with Crippen molar-refractivity contribution in [2.24, 2.45) is 11.7 Å². The second-order valence-electron chi connectivity index (χ2n) is 5.99. The first-order chi connectivity index (χ1) is 8.97. The highest BCUT2D eigenvalue weighted by Gasteiger charge is 2.14. The van der Waals surface area contributed by atoms with Crippen LogP contribution in [0.25, 0.3) is 0 Å². The number of nitrogens with two attached hydrogens (primary N) is 1. The highest BCUT2D eigenvalue weighted by molar-refractivity contribution is 5.76. The van der Waals surface area contributed by atoms with Crippen LogP contribution in [0.5, 0.6) is 0 Å². The molecule has 0 spiro atoms. The molecule has 19 heavy (non-hydrogen) atoms. The molecule has 0 aliphatic heterocycles. The molecule has 0 radical (unpaired) electrons. The van der Waals surface area contributed by atoms with Gasteiger partial charge in [-0.1, -0.05) is 26.7 Å². The molecule has 0 aromatic carbocycles. The van der Waals surface area contributed by atoms with Crippen LogP contribution in [-0.4, -0.2) is 56.0 Å². The molecule has 0 aromatic rings. The van der Waals surface area contributed by atoms with Gasteiger partial charge in [0, 0.05) is 26.1 Å². The number of hydrogen-bond donors (Lipinski definition) is 1. The summed E-state index contributed by atoms with van der Waals surface area (Å²) in [5.41, 5.74) is 5.46. The van der Waals surface area contributed by atoms with E-state index in [1.165, 1.54) is 0 Å². The zero-order valence-corrected chi connectivity index (χ0v) is 13.3. The Balaban J connectivity index is 4.00. The first-order valence-corrected chi connectivity index (χ1v) is 7.60. The molecule has 1 amide bonds. The van der Waals surface area contributed by atoms with E-state index >= 15 is 0 Å². The summed E-state index contributed by atoms with van der Waals surface area (Å²) in [6.07, 6.45) is 5.02. The molecule has 0 rings (SSSR count). The van der Waals surface area contributed by atoms with Crippen molar-refractivity contribution in [2.45, 2.75) is 46.0 Å². The van der Waals surface area contributed by atoms with E-state index in [2.05, 4.69) is 18.7 Å². The molecule has 0 aromatic heterocycles. The molecule has 0 unspecified atom stereocenters. The van der Waals surface area contributed by atoms with Gasteiger partial charge >= 0.3 is 0 Å². The van der Waals surface area contributed by atoms with Gasteiger partial charge in [0.05, 0.1) is 0 Å². The summed E-state index contributed by atoms with van der Waals surface area (Å²) in [4.78, 5) is 16.4. The van der Waals surface area contributed by atoms with Gasteiger partial charge in [0.2, 0.25) is 5.91 Å². The first-order valence-electron chi connectivity index (χ1n) is 7.60. The van der Waals surface area contributed by atoms with Crippen LogP contribution in [-0.2, 0) is 4.79 Å². The minimum atomic E-state index is 0.309. The molecule has 0 atom stereocenters. The highest BCUT2D eigenvalue weighted by Crippen LogP contribution is 2.07. The summed E-state index contributed by atoms with van der Waals surface area (Å²) >= 11 is 0. The van der Waals surface area contributed by atoms with Gasteiger partial charge in [-0.3, -0.25) is 4.79 Å². The SMILES string of the molecule is CC(C)CN(CCN(C)C)C(=O)CCCCCCN. The zero-order chi connectivity index (χ0) is 14.7. The van der Waals surface area contributed by atoms with E-state index in [9.17, 15) is 4.79 Å². The number of rotatable bonds is 11. The van der Waals surface area contributed by atoms with Crippen LogP contribution in [0.1, 0.15) is 46.0 Å². The number of unbranched alkanes of at least 4 members (excludes halogenated alkanes) is 3. The smallest absolute Gasteiger partial charge is 0.222 e. The predicted octanol–water partition coefficient (Wildman–Crippen LogP) is 1.94. The number of likely N-dealkylation sites (N-methyl/N-ethyl adjacent to an activating group) is 1. The topological polar surface area (TPSA) is 49.6 Å². The lowest BCUT2D eigenvalue weighted by Gasteiger charge is -2.26. The van der Waals surface area contributed by atoms with E-state index in [0.29, 0.717) is 18.2 Å². The van der Waals surface area contributed by atoms with Crippen LogP contribution in [0.2, 0.25) is 0 Å². The van der Waals surface area contributed by atoms with Crippen molar-refractivity contribution in [3.63, 3.8) is 0 Å². The first kappa shape index (κ1) is 18.4. The minimum Gasteiger partial charge on any atom is -0.341 e. The van der Waals surface area contributed by atoms with Crippen LogP contribution < -0.4 is 5.73 Å². The molecule has 114 valence electrons. The summed E-state index contributed by atoms with van der Waals surface area (Å²) in [5, 5.41) is 0. The molecule has 4 nitrogen and oxygen atoms in total. The summed E-state index contributed by atoms with van der Waals surface area (Å²) in [6, 6.07) is 0.